The molecule has 2 aliphatic heterocycles. The van der Waals surface area contributed by atoms with Gasteiger partial charge in [-0.3, -0.25) is 9.59 Å². The van der Waals surface area contributed by atoms with E-state index in [0.717, 1.165) is 51.6 Å². The van der Waals surface area contributed by atoms with Crippen molar-refractivity contribution in [1.82, 2.24) is 0 Å². The minimum atomic E-state index is -0.467. The van der Waals surface area contributed by atoms with Gasteiger partial charge in [-0.2, -0.15) is 0 Å². The summed E-state index contributed by atoms with van der Waals surface area (Å²) in [6.45, 7) is 11.6. The second-order valence-electron chi connectivity index (χ2n) is 13.5. The number of esters is 1. The molecule has 0 N–H and O–H groups in total. The molecule has 4 aliphatic carbocycles. The maximum atomic E-state index is 14.1. The molecule has 0 amide bonds. The molecule has 12 atom stereocenters. The first-order valence-electron chi connectivity index (χ1n) is 14.1. The van der Waals surface area contributed by atoms with E-state index in [2.05, 4.69) is 27.7 Å². The molecule has 0 aromatic rings. The second-order valence-corrected chi connectivity index (χ2v) is 13.5. The molecule has 4 saturated carbocycles. The number of ketones is 1. The van der Waals surface area contributed by atoms with Crippen LogP contribution in [0.15, 0.2) is 0 Å². The van der Waals surface area contributed by atoms with Crippen LogP contribution < -0.4 is 0 Å². The van der Waals surface area contributed by atoms with Gasteiger partial charge in [0.2, 0.25) is 0 Å². The van der Waals surface area contributed by atoms with E-state index in [1.165, 1.54) is 19.8 Å². The molecule has 0 bridgehead atoms. The Kier molecular flexibility index (Phi) is 5.37. The predicted octanol–water partition coefficient (Wildman–Crippen LogP) is 5.54. The van der Waals surface area contributed by atoms with Gasteiger partial charge in [-0.15, -0.1) is 0 Å². The lowest BCUT2D eigenvalue weighted by Gasteiger charge is -2.60. The summed E-state index contributed by atoms with van der Waals surface area (Å²) in [5.74, 6) is 3.07. The van der Waals surface area contributed by atoms with E-state index in [0.29, 0.717) is 35.4 Å². The fourth-order valence-corrected chi connectivity index (χ4v) is 10.3. The first kappa shape index (κ1) is 23.5. The van der Waals surface area contributed by atoms with Crippen LogP contribution in [0.5, 0.6) is 0 Å². The Hall–Kier alpha value is -0.940. The molecule has 6 rings (SSSR count). The molecular formula is C29H44O5. The number of hydrogen-bond donors (Lipinski definition) is 0. The summed E-state index contributed by atoms with van der Waals surface area (Å²) in [5, 5.41) is 0. The maximum absolute atomic E-state index is 14.1. The van der Waals surface area contributed by atoms with E-state index < -0.39 is 5.79 Å². The lowest BCUT2D eigenvalue weighted by molar-refractivity contribution is -0.272. The molecule has 9 unspecified atom stereocenters. The number of Topliss-reactive ketones (excluding diaryl/α,β-unsaturated/α-hetero) is 1. The number of hydrogen-bond acceptors (Lipinski definition) is 5. The zero-order valence-corrected chi connectivity index (χ0v) is 21.8. The molecule has 6 fully saturated rings. The van der Waals surface area contributed by atoms with Crippen LogP contribution in [0.4, 0.5) is 0 Å². The minimum absolute atomic E-state index is 0.0613. The average Bonchev–Trinajstić information content (AvgIpc) is 3.23. The SMILES string of the molecule is CC(=O)OC1CC[C@@]2(C)C(CCC3C2CC(=O)[C@@]2(C)C3CC3O[C@]4(CCC(C)CO4)C(C)C32)C1. The van der Waals surface area contributed by atoms with Gasteiger partial charge in [-0.1, -0.05) is 27.7 Å². The van der Waals surface area contributed by atoms with Gasteiger partial charge in [-0.25, -0.2) is 0 Å². The van der Waals surface area contributed by atoms with Gasteiger partial charge in [0, 0.05) is 37.0 Å². The number of rotatable bonds is 1. The third kappa shape index (κ3) is 3.11. The predicted molar refractivity (Wildman–Crippen MR) is 128 cm³/mol. The van der Waals surface area contributed by atoms with Crippen LogP contribution in [-0.4, -0.2) is 36.4 Å². The molecule has 2 heterocycles. The van der Waals surface area contributed by atoms with E-state index in [-0.39, 0.29) is 40.8 Å². The quantitative estimate of drug-likeness (QED) is 0.469. The number of ether oxygens (including phenoxy) is 3. The maximum Gasteiger partial charge on any atom is 0.302 e. The van der Waals surface area contributed by atoms with Crippen molar-refractivity contribution in [1.29, 1.82) is 0 Å². The third-order valence-electron chi connectivity index (χ3n) is 12.1. The van der Waals surface area contributed by atoms with Crippen molar-refractivity contribution in [3.05, 3.63) is 0 Å². The smallest absolute Gasteiger partial charge is 0.302 e. The third-order valence-corrected chi connectivity index (χ3v) is 12.1. The van der Waals surface area contributed by atoms with Crippen molar-refractivity contribution >= 4 is 11.8 Å². The summed E-state index contributed by atoms with van der Waals surface area (Å²) in [7, 11) is 0. The van der Waals surface area contributed by atoms with Gasteiger partial charge in [-0.05, 0) is 80.0 Å². The highest BCUT2D eigenvalue weighted by Gasteiger charge is 2.71. The van der Waals surface area contributed by atoms with Crippen LogP contribution in [0.1, 0.15) is 92.4 Å². The van der Waals surface area contributed by atoms with Crippen molar-refractivity contribution in [3.63, 3.8) is 0 Å². The molecule has 0 aromatic heterocycles. The zero-order chi connectivity index (χ0) is 24.0. The lowest BCUT2D eigenvalue weighted by atomic mass is 9.44. The minimum Gasteiger partial charge on any atom is -0.463 e. The Morgan fingerprint density at radius 1 is 1.03 bits per heavy atom. The van der Waals surface area contributed by atoms with Crippen molar-refractivity contribution in [3.8, 4) is 0 Å². The second kappa shape index (κ2) is 7.78. The normalized spacial score (nSPS) is 56.4. The van der Waals surface area contributed by atoms with Crippen LogP contribution >= 0.6 is 0 Å². The van der Waals surface area contributed by atoms with E-state index in [1.54, 1.807) is 0 Å². The summed E-state index contributed by atoms with van der Waals surface area (Å²) < 4.78 is 18.8. The Labute approximate surface area is 205 Å². The molecule has 1 spiro atoms. The number of carbonyl (C=O) groups excluding carboxylic acids is 2. The van der Waals surface area contributed by atoms with Gasteiger partial charge in [0.05, 0.1) is 12.7 Å². The van der Waals surface area contributed by atoms with E-state index in [1.807, 2.05) is 0 Å². The summed E-state index contributed by atoms with van der Waals surface area (Å²) >= 11 is 0. The van der Waals surface area contributed by atoms with Crippen molar-refractivity contribution in [2.24, 2.45) is 52.3 Å². The Morgan fingerprint density at radius 3 is 2.53 bits per heavy atom. The fourth-order valence-electron chi connectivity index (χ4n) is 10.3. The van der Waals surface area contributed by atoms with Crippen LogP contribution in [0.25, 0.3) is 0 Å². The van der Waals surface area contributed by atoms with Gasteiger partial charge >= 0.3 is 5.97 Å². The molecule has 190 valence electrons. The molecule has 6 aliphatic rings. The monoisotopic (exact) mass is 472 g/mol. The van der Waals surface area contributed by atoms with E-state index in [9.17, 15) is 9.59 Å². The summed E-state index contributed by atoms with van der Waals surface area (Å²) in [5.41, 5.74) is -0.0934. The highest BCUT2D eigenvalue weighted by atomic mass is 16.7. The molecule has 0 aromatic carbocycles. The summed E-state index contributed by atoms with van der Waals surface area (Å²) in [4.78, 5) is 25.7. The topological polar surface area (TPSA) is 61.8 Å². The van der Waals surface area contributed by atoms with Gasteiger partial charge in [0.1, 0.15) is 11.9 Å². The Morgan fingerprint density at radius 2 is 1.82 bits per heavy atom. The van der Waals surface area contributed by atoms with Crippen LogP contribution in [0, 0.1) is 52.3 Å². The standard InChI is InChI=1S/C29H44O5/c1-16-8-11-29(32-15-16)17(2)26-24(34-29)13-23-21-7-6-19-12-20(33-18(3)30)9-10-27(19,4)22(21)14-25(31)28(23,26)5/h16-17,19-24,26H,6-15H2,1-5H3/t16?,17?,19?,20?,21?,22?,23?,24?,26?,27-,28+,29+/m0/s1. The van der Waals surface area contributed by atoms with Gasteiger partial charge in [0.25, 0.3) is 0 Å². The summed E-state index contributed by atoms with van der Waals surface area (Å²) in [6, 6.07) is 0. The first-order chi connectivity index (χ1) is 16.1. The van der Waals surface area contributed by atoms with Crippen LogP contribution in [0.3, 0.4) is 0 Å². The van der Waals surface area contributed by atoms with Crippen LogP contribution in [-0.2, 0) is 23.8 Å². The molecular weight excluding hydrogens is 428 g/mol. The lowest BCUT2D eigenvalue weighted by Crippen LogP contribution is -2.58. The van der Waals surface area contributed by atoms with E-state index >= 15 is 0 Å². The van der Waals surface area contributed by atoms with Crippen molar-refractivity contribution < 1.29 is 23.8 Å². The van der Waals surface area contributed by atoms with Gasteiger partial charge in [0.15, 0.2) is 5.79 Å². The molecule has 2 saturated heterocycles. The largest absolute Gasteiger partial charge is 0.463 e. The average molecular weight is 473 g/mol. The fraction of sp³-hybridized carbons (Fsp3) is 0.931. The molecule has 5 nitrogen and oxygen atoms in total. The highest BCUT2D eigenvalue weighted by Crippen LogP contribution is 2.70. The Bertz CT molecular complexity index is 861. The van der Waals surface area contributed by atoms with Crippen molar-refractivity contribution in [2.75, 3.05) is 6.61 Å². The molecule has 34 heavy (non-hydrogen) atoms. The van der Waals surface area contributed by atoms with Crippen LogP contribution in [0.2, 0.25) is 0 Å². The van der Waals surface area contributed by atoms with Crippen molar-refractivity contribution in [2.45, 2.75) is 110 Å². The van der Waals surface area contributed by atoms with E-state index in [4.69, 9.17) is 14.2 Å². The molecule has 5 heteroatoms. The molecule has 0 radical (unpaired) electrons. The van der Waals surface area contributed by atoms with Gasteiger partial charge < -0.3 is 14.2 Å². The highest BCUT2D eigenvalue weighted by molar-refractivity contribution is 5.87. The Balaban J connectivity index is 1.25. The summed E-state index contributed by atoms with van der Waals surface area (Å²) in [6.07, 6.45) is 9.47. The number of fused-ring (bicyclic) bond motifs is 7. The first-order valence-corrected chi connectivity index (χ1v) is 14.1. The zero-order valence-electron chi connectivity index (χ0n) is 21.8. The number of carbonyl (C=O) groups is 2.